The third kappa shape index (κ3) is 2.35. The zero-order chi connectivity index (χ0) is 15.9. The van der Waals surface area contributed by atoms with E-state index in [0.29, 0.717) is 16.7 Å². The highest BCUT2D eigenvalue weighted by Gasteiger charge is 2.17. The molecule has 112 valence electrons. The topological polar surface area (TPSA) is 69.4 Å². The highest BCUT2D eigenvalue weighted by atomic mass is 16.5. The van der Waals surface area contributed by atoms with Gasteiger partial charge in [-0.3, -0.25) is 4.79 Å². The summed E-state index contributed by atoms with van der Waals surface area (Å²) in [5, 5.41) is 0.740. The average Bonchev–Trinajstić information content (AvgIpc) is 2.46. The fourth-order valence-electron chi connectivity index (χ4n) is 2.30. The number of nitrogens with zero attached hydrogens (tertiary/aromatic N) is 1. The maximum Gasteiger partial charge on any atom is 0.340 e. The van der Waals surface area contributed by atoms with E-state index in [1.165, 1.54) is 6.07 Å². The molecule has 0 amide bonds. The van der Waals surface area contributed by atoms with E-state index in [9.17, 15) is 9.59 Å². The fraction of sp³-hybridized carbons (Fsp3) is 0.235. The predicted molar refractivity (Wildman–Crippen MR) is 83.1 cm³/mol. The summed E-state index contributed by atoms with van der Waals surface area (Å²) in [6.45, 7) is 5.22. The van der Waals surface area contributed by atoms with Gasteiger partial charge in [0.1, 0.15) is 5.58 Å². The molecule has 5 nitrogen and oxygen atoms in total. The van der Waals surface area contributed by atoms with Crippen LogP contribution in [-0.4, -0.2) is 17.1 Å². The van der Waals surface area contributed by atoms with Crippen LogP contribution < -0.4 is 5.43 Å². The molecule has 0 spiro atoms. The quantitative estimate of drug-likeness (QED) is 0.536. The van der Waals surface area contributed by atoms with E-state index in [1.54, 1.807) is 45.0 Å². The molecule has 0 aliphatic rings. The summed E-state index contributed by atoms with van der Waals surface area (Å²) < 4.78 is 10.8. The van der Waals surface area contributed by atoms with Gasteiger partial charge in [-0.15, -0.1) is 0 Å². The van der Waals surface area contributed by atoms with Gasteiger partial charge in [0.05, 0.1) is 28.1 Å². The fourth-order valence-corrected chi connectivity index (χ4v) is 2.30. The van der Waals surface area contributed by atoms with Gasteiger partial charge < -0.3 is 9.15 Å². The maximum atomic E-state index is 12.5. The predicted octanol–water partition coefficient (Wildman–Crippen LogP) is 3.21. The van der Waals surface area contributed by atoms with Crippen molar-refractivity contribution < 1.29 is 13.9 Å². The van der Waals surface area contributed by atoms with E-state index >= 15 is 0 Å². The Bertz CT molecular complexity index is 940. The average molecular weight is 297 g/mol. The first-order chi connectivity index (χ1) is 10.5. The van der Waals surface area contributed by atoms with Crippen LogP contribution in [0, 0.1) is 6.92 Å². The summed E-state index contributed by atoms with van der Waals surface area (Å²) in [7, 11) is 0. The van der Waals surface area contributed by atoms with Gasteiger partial charge in [-0.2, -0.15) is 0 Å². The van der Waals surface area contributed by atoms with Gasteiger partial charge in [-0.25, -0.2) is 9.78 Å². The first-order valence-corrected chi connectivity index (χ1v) is 7.01. The zero-order valence-corrected chi connectivity index (χ0v) is 12.5. The molecule has 0 bridgehead atoms. The second-order valence-corrected chi connectivity index (χ2v) is 5.36. The van der Waals surface area contributed by atoms with Crippen LogP contribution in [0.15, 0.2) is 39.5 Å². The van der Waals surface area contributed by atoms with Crippen LogP contribution in [0.4, 0.5) is 0 Å². The Balaban J connectivity index is 2.28. The number of carbonyl (C=O) groups is 1. The molecule has 0 N–H and O–H groups in total. The Kier molecular flexibility index (Phi) is 3.41. The summed E-state index contributed by atoms with van der Waals surface area (Å²) in [5.74, 6) is -0.491. The number of aromatic nitrogens is 1. The molecule has 0 aliphatic carbocycles. The monoisotopic (exact) mass is 297 g/mol. The second kappa shape index (κ2) is 5.26. The number of ether oxygens (including phenoxy) is 1. The first kappa shape index (κ1) is 14.3. The number of rotatable bonds is 2. The van der Waals surface area contributed by atoms with Crippen molar-refractivity contribution in [2.24, 2.45) is 0 Å². The maximum absolute atomic E-state index is 12.5. The van der Waals surface area contributed by atoms with Gasteiger partial charge in [-0.1, -0.05) is 12.1 Å². The molecule has 2 aromatic heterocycles. The molecule has 22 heavy (non-hydrogen) atoms. The minimum Gasteiger partial charge on any atom is -0.459 e. The van der Waals surface area contributed by atoms with Crippen molar-refractivity contribution in [3.63, 3.8) is 0 Å². The van der Waals surface area contributed by atoms with Gasteiger partial charge in [0.2, 0.25) is 11.1 Å². The van der Waals surface area contributed by atoms with Crippen molar-refractivity contribution >= 4 is 28.0 Å². The Morgan fingerprint density at radius 1 is 1.23 bits per heavy atom. The van der Waals surface area contributed by atoms with Crippen LogP contribution in [-0.2, 0) is 4.74 Å². The van der Waals surface area contributed by atoms with E-state index < -0.39 is 5.97 Å². The Hall–Kier alpha value is -2.69. The van der Waals surface area contributed by atoms with E-state index in [1.807, 2.05) is 0 Å². The smallest absolute Gasteiger partial charge is 0.340 e. The lowest BCUT2D eigenvalue weighted by Crippen LogP contribution is -2.14. The Labute approximate surface area is 126 Å². The number of benzene rings is 1. The van der Waals surface area contributed by atoms with Crippen LogP contribution in [0.3, 0.4) is 0 Å². The Morgan fingerprint density at radius 2 is 1.95 bits per heavy atom. The van der Waals surface area contributed by atoms with Crippen molar-refractivity contribution in [1.82, 2.24) is 4.98 Å². The molecular weight excluding hydrogens is 282 g/mol. The lowest BCUT2D eigenvalue weighted by atomic mass is 10.1. The number of carbonyl (C=O) groups excluding carboxylic acids is 1. The number of esters is 1. The number of hydrogen-bond acceptors (Lipinski definition) is 5. The van der Waals surface area contributed by atoms with Crippen molar-refractivity contribution in [3.8, 4) is 0 Å². The van der Waals surface area contributed by atoms with E-state index in [2.05, 4.69) is 4.98 Å². The SMILES string of the molecule is Cc1nc2oc3ccccc3c(=O)c2cc1C(=O)OC(C)C. The van der Waals surface area contributed by atoms with Gasteiger partial charge in [0.25, 0.3) is 0 Å². The van der Waals surface area contributed by atoms with Crippen molar-refractivity contribution in [2.75, 3.05) is 0 Å². The zero-order valence-electron chi connectivity index (χ0n) is 12.5. The number of hydrogen-bond donors (Lipinski definition) is 0. The largest absolute Gasteiger partial charge is 0.459 e. The van der Waals surface area contributed by atoms with Gasteiger partial charge in [0.15, 0.2) is 0 Å². The molecule has 3 aromatic rings. The van der Waals surface area contributed by atoms with Crippen LogP contribution in [0.2, 0.25) is 0 Å². The van der Waals surface area contributed by atoms with Crippen molar-refractivity contribution in [2.45, 2.75) is 26.9 Å². The van der Waals surface area contributed by atoms with E-state index in [4.69, 9.17) is 9.15 Å². The van der Waals surface area contributed by atoms with Crippen molar-refractivity contribution in [1.29, 1.82) is 0 Å². The molecule has 2 heterocycles. The summed E-state index contributed by atoms with van der Waals surface area (Å²) in [4.78, 5) is 28.9. The highest BCUT2D eigenvalue weighted by Crippen LogP contribution is 2.20. The number of fused-ring (bicyclic) bond motifs is 2. The number of pyridine rings is 1. The Morgan fingerprint density at radius 3 is 2.68 bits per heavy atom. The first-order valence-electron chi connectivity index (χ1n) is 7.01. The summed E-state index contributed by atoms with van der Waals surface area (Å²) >= 11 is 0. The van der Waals surface area contributed by atoms with E-state index in [-0.39, 0.29) is 28.2 Å². The minimum absolute atomic E-state index is 0.206. The van der Waals surface area contributed by atoms with Crippen LogP contribution in [0.1, 0.15) is 29.9 Å². The second-order valence-electron chi connectivity index (χ2n) is 5.36. The highest BCUT2D eigenvalue weighted by molar-refractivity contribution is 5.96. The third-order valence-corrected chi connectivity index (χ3v) is 3.32. The molecule has 0 saturated carbocycles. The normalized spacial score (nSPS) is 11.3. The molecule has 1 aromatic carbocycles. The molecule has 0 atom stereocenters. The summed E-state index contributed by atoms with van der Waals surface area (Å²) in [6.07, 6.45) is -0.240. The lowest BCUT2D eigenvalue weighted by Gasteiger charge is -2.10. The number of para-hydroxylation sites is 1. The summed E-state index contributed by atoms with van der Waals surface area (Å²) in [5.41, 5.74) is 1.25. The minimum atomic E-state index is -0.491. The third-order valence-electron chi connectivity index (χ3n) is 3.32. The molecule has 0 saturated heterocycles. The van der Waals surface area contributed by atoms with Crippen molar-refractivity contribution in [3.05, 3.63) is 51.8 Å². The van der Waals surface area contributed by atoms with E-state index in [0.717, 1.165) is 0 Å². The molecule has 5 heteroatoms. The molecule has 0 fully saturated rings. The summed E-state index contributed by atoms with van der Waals surface area (Å²) in [6, 6.07) is 8.46. The van der Waals surface area contributed by atoms with Gasteiger partial charge >= 0.3 is 5.97 Å². The molecule has 3 rings (SSSR count). The molecule has 0 aliphatic heterocycles. The van der Waals surface area contributed by atoms with Gasteiger partial charge in [0, 0.05) is 0 Å². The van der Waals surface area contributed by atoms with Crippen LogP contribution in [0.25, 0.3) is 22.1 Å². The lowest BCUT2D eigenvalue weighted by molar-refractivity contribution is 0.0376. The van der Waals surface area contributed by atoms with Crippen LogP contribution in [0.5, 0.6) is 0 Å². The van der Waals surface area contributed by atoms with Gasteiger partial charge in [-0.05, 0) is 39.0 Å². The molecule has 0 unspecified atom stereocenters. The molecule has 0 radical (unpaired) electrons. The molecular formula is C17H15NO4. The van der Waals surface area contributed by atoms with Crippen LogP contribution >= 0.6 is 0 Å². The standard InChI is InChI=1S/C17H15NO4/c1-9(2)21-17(20)12-8-13-15(19)11-6-4-5-7-14(11)22-16(13)18-10(12)3/h4-9H,1-3H3. The number of aryl methyl sites for hydroxylation is 1.